The SMILES string of the molecule is O=C(O)c1cc(F)cnc1NCc1cscn1. The average Bonchev–Trinajstić information content (AvgIpc) is 2.80. The molecule has 88 valence electrons. The zero-order valence-corrected chi connectivity index (χ0v) is 9.37. The van der Waals surface area contributed by atoms with Crippen LogP contribution in [-0.2, 0) is 6.54 Å². The van der Waals surface area contributed by atoms with Gasteiger partial charge in [-0.2, -0.15) is 0 Å². The molecule has 7 heteroatoms. The number of rotatable bonds is 4. The maximum atomic E-state index is 12.9. The van der Waals surface area contributed by atoms with Gasteiger partial charge in [-0.15, -0.1) is 11.3 Å². The minimum absolute atomic E-state index is 0.131. The number of anilines is 1. The molecule has 0 aliphatic carbocycles. The van der Waals surface area contributed by atoms with E-state index in [1.807, 2.05) is 5.38 Å². The van der Waals surface area contributed by atoms with Crippen LogP contribution < -0.4 is 5.32 Å². The Labute approximate surface area is 100.0 Å². The fourth-order valence-corrected chi connectivity index (χ4v) is 1.80. The van der Waals surface area contributed by atoms with Crippen LogP contribution in [0.1, 0.15) is 16.1 Å². The van der Waals surface area contributed by atoms with Gasteiger partial charge in [0.25, 0.3) is 0 Å². The Balaban J connectivity index is 2.17. The molecule has 17 heavy (non-hydrogen) atoms. The third kappa shape index (κ3) is 2.76. The van der Waals surface area contributed by atoms with Crippen LogP contribution >= 0.6 is 11.3 Å². The molecule has 5 nitrogen and oxygen atoms in total. The van der Waals surface area contributed by atoms with Gasteiger partial charge < -0.3 is 10.4 Å². The van der Waals surface area contributed by atoms with E-state index >= 15 is 0 Å². The van der Waals surface area contributed by atoms with Crippen LogP contribution in [0.4, 0.5) is 10.2 Å². The molecule has 0 aliphatic heterocycles. The maximum Gasteiger partial charge on any atom is 0.339 e. The van der Waals surface area contributed by atoms with Gasteiger partial charge in [0.15, 0.2) is 0 Å². The van der Waals surface area contributed by atoms with E-state index in [0.29, 0.717) is 6.54 Å². The van der Waals surface area contributed by atoms with E-state index in [1.54, 1.807) is 5.51 Å². The van der Waals surface area contributed by atoms with Crippen LogP contribution in [-0.4, -0.2) is 21.0 Å². The third-order valence-corrected chi connectivity index (χ3v) is 2.64. The van der Waals surface area contributed by atoms with Gasteiger partial charge in [0.1, 0.15) is 17.2 Å². The van der Waals surface area contributed by atoms with E-state index in [-0.39, 0.29) is 11.4 Å². The predicted octanol–water partition coefficient (Wildman–Crippen LogP) is 1.99. The van der Waals surface area contributed by atoms with Gasteiger partial charge in [0.2, 0.25) is 0 Å². The van der Waals surface area contributed by atoms with Gasteiger partial charge in [-0.25, -0.2) is 19.2 Å². The number of carboxylic acids is 1. The Morgan fingerprint density at radius 1 is 1.53 bits per heavy atom. The first kappa shape index (κ1) is 11.5. The van der Waals surface area contributed by atoms with E-state index < -0.39 is 11.8 Å². The lowest BCUT2D eigenvalue weighted by Gasteiger charge is -2.06. The standard InChI is InChI=1S/C10H8FN3O2S/c11-6-1-8(10(15)16)9(12-2-6)13-3-7-4-17-5-14-7/h1-2,4-5H,3H2,(H,12,13)(H,15,16). The topological polar surface area (TPSA) is 75.1 Å². The van der Waals surface area contributed by atoms with Gasteiger partial charge in [-0.1, -0.05) is 0 Å². The fraction of sp³-hybridized carbons (Fsp3) is 0.100. The maximum absolute atomic E-state index is 12.9. The number of carboxylic acid groups (broad SMARTS) is 1. The zero-order chi connectivity index (χ0) is 12.3. The summed E-state index contributed by atoms with van der Waals surface area (Å²) in [6, 6.07) is 0.929. The largest absolute Gasteiger partial charge is 0.478 e. The first-order valence-corrected chi connectivity index (χ1v) is 5.61. The van der Waals surface area contributed by atoms with Crippen LogP contribution in [0.15, 0.2) is 23.2 Å². The number of halogens is 1. The molecule has 0 atom stereocenters. The summed E-state index contributed by atoms with van der Waals surface area (Å²) in [5, 5.41) is 13.5. The number of nitrogens with zero attached hydrogens (tertiary/aromatic N) is 2. The molecule has 2 heterocycles. The quantitative estimate of drug-likeness (QED) is 0.871. The van der Waals surface area contributed by atoms with Crippen molar-refractivity contribution in [3.63, 3.8) is 0 Å². The fourth-order valence-electron chi connectivity index (χ4n) is 1.24. The lowest BCUT2D eigenvalue weighted by molar-refractivity contribution is 0.0697. The minimum Gasteiger partial charge on any atom is -0.478 e. The van der Waals surface area contributed by atoms with Gasteiger partial charge in [0, 0.05) is 5.38 Å². The van der Waals surface area contributed by atoms with Crippen molar-refractivity contribution in [2.24, 2.45) is 0 Å². The second kappa shape index (κ2) is 4.88. The molecule has 2 aromatic rings. The summed E-state index contributed by atoms with van der Waals surface area (Å²) in [7, 11) is 0. The number of pyridine rings is 1. The Morgan fingerprint density at radius 2 is 2.35 bits per heavy atom. The Hall–Kier alpha value is -2.02. The van der Waals surface area contributed by atoms with Crippen molar-refractivity contribution >= 4 is 23.1 Å². The number of nitrogens with one attached hydrogen (secondary N) is 1. The van der Waals surface area contributed by atoms with Gasteiger partial charge >= 0.3 is 5.97 Å². The van der Waals surface area contributed by atoms with Crippen LogP contribution in [0.2, 0.25) is 0 Å². The highest BCUT2D eigenvalue weighted by atomic mass is 32.1. The highest BCUT2D eigenvalue weighted by Crippen LogP contribution is 2.14. The molecular formula is C10H8FN3O2S. The number of thiazole rings is 1. The molecule has 0 saturated heterocycles. The van der Waals surface area contributed by atoms with Crippen molar-refractivity contribution in [3.8, 4) is 0 Å². The molecule has 0 bridgehead atoms. The lowest BCUT2D eigenvalue weighted by Crippen LogP contribution is -2.09. The molecule has 0 radical (unpaired) electrons. The summed E-state index contributed by atoms with van der Waals surface area (Å²) in [6.07, 6.45) is 0.968. The number of hydrogen-bond donors (Lipinski definition) is 2. The minimum atomic E-state index is -1.22. The first-order valence-electron chi connectivity index (χ1n) is 4.66. The lowest BCUT2D eigenvalue weighted by atomic mass is 10.2. The van der Waals surface area contributed by atoms with Gasteiger partial charge in [0.05, 0.1) is 23.9 Å². The molecule has 0 amide bonds. The van der Waals surface area contributed by atoms with Crippen molar-refractivity contribution in [2.75, 3.05) is 5.32 Å². The second-order valence-corrected chi connectivity index (χ2v) is 3.91. The normalized spacial score (nSPS) is 10.2. The monoisotopic (exact) mass is 253 g/mol. The predicted molar refractivity (Wildman–Crippen MR) is 60.6 cm³/mol. The average molecular weight is 253 g/mol. The Kier molecular flexibility index (Phi) is 3.29. The van der Waals surface area contributed by atoms with Crippen LogP contribution in [0.25, 0.3) is 0 Å². The van der Waals surface area contributed by atoms with Crippen LogP contribution in [0.3, 0.4) is 0 Å². The summed E-state index contributed by atoms with van der Waals surface area (Å²) in [4.78, 5) is 18.6. The number of aromatic carboxylic acids is 1. The Bertz CT molecular complexity index is 530. The molecule has 0 aromatic carbocycles. The first-order chi connectivity index (χ1) is 8.16. The third-order valence-electron chi connectivity index (χ3n) is 2.01. The van der Waals surface area contributed by atoms with Crippen molar-refractivity contribution in [1.82, 2.24) is 9.97 Å². The molecule has 2 rings (SSSR count). The van der Waals surface area contributed by atoms with Crippen molar-refractivity contribution in [3.05, 3.63) is 40.2 Å². The highest BCUT2D eigenvalue weighted by molar-refractivity contribution is 7.07. The summed E-state index contributed by atoms with van der Waals surface area (Å²) in [6.45, 7) is 0.350. The molecule has 0 unspecified atom stereocenters. The molecule has 0 fully saturated rings. The van der Waals surface area contributed by atoms with E-state index in [1.165, 1.54) is 11.3 Å². The number of hydrogen-bond acceptors (Lipinski definition) is 5. The van der Waals surface area contributed by atoms with E-state index in [2.05, 4.69) is 15.3 Å². The summed E-state index contributed by atoms with van der Waals surface area (Å²) in [5.41, 5.74) is 2.26. The summed E-state index contributed by atoms with van der Waals surface area (Å²) >= 11 is 1.44. The molecule has 2 N–H and O–H groups in total. The van der Waals surface area contributed by atoms with Crippen molar-refractivity contribution in [1.29, 1.82) is 0 Å². The van der Waals surface area contributed by atoms with Crippen molar-refractivity contribution in [2.45, 2.75) is 6.54 Å². The smallest absolute Gasteiger partial charge is 0.339 e. The van der Waals surface area contributed by atoms with Crippen LogP contribution in [0.5, 0.6) is 0 Å². The molecule has 0 aliphatic rings. The molecule has 2 aromatic heterocycles. The van der Waals surface area contributed by atoms with Crippen LogP contribution in [0, 0.1) is 5.82 Å². The molecule has 0 spiro atoms. The summed E-state index contributed by atoms with van der Waals surface area (Å²) < 4.78 is 12.9. The van der Waals surface area contributed by atoms with E-state index in [4.69, 9.17) is 5.11 Å². The molecular weight excluding hydrogens is 245 g/mol. The number of aromatic nitrogens is 2. The van der Waals surface area contributed by atoms with Crippen molar-refractivity contribution < 1.29 is 14.3 Å². The zero-order valence-electron chi connectivity index (χ0n) is 8.55. The molecule has 0 saturated carbocycles. The van der Waals surface area contributed by atoms with Gasteiger partial charge in [-0.3, -0.25) is 0 Å². The Morgan fingerprint density at radius 3 is 3.00 bits per heavy atom. The van der Waals surface area contributed by atoms with E-state index in [9.17, 15) is 9.18 Å². The van der Waals surface area contributed by atoms with E-state index in [0.717, 1.165) is 18.0 Å². The number of carbonyl (C=O) groups is 1. The highest BCUT2D eigenvalue weighted by Gasteiger charge is 2.12. The second-order valence-electron chi connectivity index (χ2n) is 3.19. The van der Waals surface area contributed by atoms with Gasteiger partial charge in [-0.05, 0) is 6.07 Å². The summed E-state index contributed by atoms with van der Waals surface area (Å²) in [5.74, 6) is -1.77.